The van der Waals surface area contributed by atoms with E-state index in [4.69, 9.17) is 19.4 Å². The summed E-state index contributed by atoms with van der Waals surface area (Å²) in [7, 11) is 9.89. The topological polar surface area (TPSA) is 24.1 Å². The molecule has 0 aromatic heterocycles. The molecule has 1 aliphatic heterocycles. The van der Waals surface area contributed by atoms with Crippen molar-refractivity contribution in [1.29, 1.82) is 0 Å². The zero-order chi connectivity index (χ0) is 19.6. The summed E-state index contributed by atoms with van der Waals surface area (Å²) in [4.78, 5) is 0. The van der Waals surface area contributed by atoms with Gasteiger partial charge in [-0.3, -0.25) is 0 Å². The van der Waals surface area contributed by atoms with Crippen LogP contribution in [0.3, 0.4) is 0 Å². The first kappa shape index (κ1) is 23.6. The van der Waals surface area contributed by atoms with Gasteiger partial charge in [0.2, 0.25) is 0 Å². The van der Waals surface area contributed by atoms with Crippen molar-refractivity contribution in [3.05, 3.63) is 11.4 Å². The average molecular weight is 535 g/mol. The molecule has 1 unspecified atom stereocenters. The van der Waals surface area contributed by atoms with E-state index in [1.165, 1.54) is 89.5 Å². The molecule has 28 heavy (non-hydrogen) atoms. The van der Waals surface area contributed by atoms with Crippen LogP contribution in [0.4, 0.5) is 0 Å². The Labute approximate surface area is 190 Å². The Bertz CT molecular complexity index is 453. The Balaban J connectivity index is 0.000000706. The van der Waals surface area contributed by atoms with Crippen LogP contribution in [0.25, 0.3) is 0 Å². The SMILES string of the molecule is C1CCC(P(C2CCCCC2)C2CCCCC2=C2NCCCN2)CC1.[Cl][Ru][Cl]. The molecule has 4 fully saturated rings. The summed E-state index contributed by atoms with van der Waals surface area (Å²) >= 11 is -0.346. The molecule has 0 aromatic rings. The van der Waals surface area contributed by atoms with E-state index in [0.717, 1.165) is 17.0 Å². The molecule has 4 aliphatic rings. The maximum atomic E-state index is 4.85. The number of hydrogen-bond donors (Lipinski definition) is 2. The van der Waals surface area contributed by atoms with Crippen molar-refractivity contribution in [2.45, 2.75) is 113 Å². The van der Waals surface area contributed by atoms with Gasteiger partial charge in [-0.05, 0) is 68.3 Å². The third kappa shape index (κ3) is 6.74. The first-order valence-electron chi connectivity index (χ1n) is 11.7. The van der Waals surface area contributed by atoms with Crippen molar-refractivity contribution in [2.24, 2.45) is 0 Å². The summed E-state index contributed by atoms with van der Waals surface area (Å²) in [6, 6.07) is 0. The first-order chi connectivity index (χ1) is 13.8. The number of rotatable bonds is 3. The van der Waals surface area contributed by atoms with E-state index in [9.17, 15) is 0 Å². The van der Waals surface area contributed by atoms with Crippen LogP contribution >= 0.6 is 27.3 Å². The second-order valence-corrected chi connectivity index (χ2v) is 14.6. The van der Waals surface area contributed by atoms with Gasteiger partial charge in [-0.15, -0.1) is 0 Å². The molecule has 3 aliphatic carbocycles. The van der Waals surface area contributed by atoms with E-state index < -0.39 is 0 Å². The molecule has 0 radical (unpaired) electrons. The normalized spacial score (nSPS) is 27.8. The predicted octanol–water partition coefficient (Wildman–Crippen LogP) is 7.25. The van der Waals surface area contributed by atoms with Gasteiger partial charge in [0.1, 0.15) is 0 Å². The summed E-state index contributed by atoms with van der Waals surface area (Å²) < 4.78 is 0. The molecule has 0 bridgehead atoms. The van der Waals surface area contributed by atoms with E-state index in [1.54, 1.807) is 25.7 Å². The fraction of sp³-hybridized carbons (Fsp3) is 0.909. The molecular weight excluding hydrogens is 495 g/mol. The fourth-order valence-corrected chi connectivity index (χ4v) is 10.6. The Morgan fingerprint density at radius 2 is 1.18 bits per heavy atom. The Kier molecular flexibility index (Phi) is 11.3. The average Bonchev–Trinajstić information content (AvgIpc) is 2.77. The molecular formula is C22H39Cl2N2PRu. The zero-order valence-electron chi connectivity index (χ0n) is 17.3. The molecule has 1 heterocycles. The van der Waals surface area contributed by atoms with Gasteiger partial charge < -0.3 is 10.6 Å². The van der Waals surface area contributed by atoms with Crippen molar-refractivity contribution in [1.82, 2.24) is 10.6 Å². The van der Waals surface area contributed by atoms with Gasteiger partial charge in [-0.25, -0.2) is 0 Å². The van der Waals surface area contributed by atoms with E-state index in [0.29, 0.717) is 0 Å². The molecule has 2 N–H and O–H groups in total. The van der Waals surface area contributed by atoms with Gasteiger partial charge >= 0.3 is 34.5 Å². The number of halogens is 2. The summed E-state index contributed by atoms with van der Waals surface area (Å²) in [5.74, 6) is 1.48. The van der Waals surface area contributed by atoms with Gasteiger partial charge in [-0.1, -0.05) is 52.9 Å². The van der Waals surface area contributed by atoms with Crippen molar-refractivity contribution in [2.75, 3.05) is 13.1 Å². The summed E-state index contributed by atoms with van der Waals surface area (Å²) in [6.07, 6.45) is 22.4. The first-order valence-corrected chi connectivity index (χ1v) is 17.7. The fourth-order valence-electron chi connectivity index (χ4n) is 5.98. The van der Waals surface area contributed by atoms with Crippen molar-refractivity contribution < 1.29 is 15.1 Å². The molecule has 0 aromatic carbocycles. The molecule has 4 rings (SSSR count). The third-order valence-corrected chi connectivity index (χ3v) is 11.2. The van der Waals surface area contributed by atoms with E-state index in [2.05, 4.69) is 10.6 Å². The van der Waals surface area contributed by atoms with Crippen LogP contribution in [0.15, 0.2) is 11.4 Å². The summed E-state index contributed by atoms with van der Waals surface area (Å²) in [5.41, 5.74) is 4.97. The van der Waals surface area contributed by atoms with E-state index in [1.807, 2.05) is 5.57 Å². The number of hydrogen-bond acceptors (Lipinski definition) is 2. The molecule has 1 atom stereocenters. The molecule has 3 saturated carbocycles. The van der Waals surface area contributed by atoms with Crippen LogP contribution in [0.1, 0.15) is 96.3 Å². The van der Waals surface area contributed by atoms with Crippen LogP contribution in [-0.4, -0.2) is 30.1 Å². The second-order valence-electron chi connectivity index (χ2n) is 8.95. The Morgan fingerprint density at radius 1 is 0.679 bits per heavy atom. The van der Waals surface area contributed by atoms with Crippen LogP contribution in [0, 0.1) is 0 Å². The van der Waals surface area contributed by atoms with Crippen LogP contribution in [-0.2, 0) is 15.1 Å². The Hall–Kier alpha value is 0.973. The van der Waals surface area contributed by atoms with Gasteiger partial charge in [-0.2, -0.15) is 0 Å². The van der Waals surface area contributed by atoms with Crippen LogP contribution in [0.5, 0.6) is 0 Å². The van der Waals surface area contributed by atoms with Gasteiger partial charge in [0.25, 0.3) is 0 Å². The molecule has 6 heteroatoms. The zero-order valence-corrected chi connectivity index (χ0v) is 21.5. The van der Waals surface area contributed by atoms with Crippen molar-refractivity contribution in [3.63, 3.8) is 0 Å². The molecule has 0 amide bonds. The van der Waals surface area contributed by atoms with Gasteiger partial charge in [0, 0.05) is 18.7 Å². The van der Waals surface area contributed by atoms with E-state index in [-0.39, 0.29) is 23.1 Å². The standard InChI is InChI=1S/C22H39N2P.2ClH.Ru/c1-3-10-18(11-4-1)25(19-12-5-2-6-13-19)21-15-8-7-14-20(21)22-23-16-9-17-24-22;;;/h18-19,21,23-24H,1-17H2;2*1H;/q;;;+2/p-2. The Morgan fingerprint density at radius 3 is 1.71 bits per heavy atom. The van der Waals surface area contributed by atoms with Gasteiger partial charge in [0.05, 0.1) is 5.82 Å². The number of allylic oxidation sites excluding steroid dienone is 1. The quantitative estimate of drug-likeness (QED) is 0.295. The summed E-state index contributed by atoms with van der Waals surface area (Å²) in [6.45, 7) is 2.37. The minimum absolute atomic E-state index is 0.183. The van der Waals surface area contributed by atoms with Crippen molar-refractivity contribution in [3.8, 4) is 0 Å². The molecule has 1 saturated heterocycles. The van der Waals surface area contributed by atoms with Crippen molar-refractivity contribution >= 4 is 27.3 Å². The molecule has 2 nitrogen and oxygen atoms in total. The number of nitrogens with one attached hydrogen (secondary N) is 2. The monoisotopic (exact) mass is 534 g/mol. The van der Waals surface area contributed by atoms with Crippen LogP contribution in [0.2, 0.25) is 0 Å². The van der Waals surface area contributed by atoms with Crippen LogP contribution < -0.4 is 10.6 Å². The summed E-state index contributed by atoms with van der Waals surface area (Å²) in [5, 5.41) is 7.52. The maximum absolute atomic E-state index is 4.85. The second kappa shape index (κ2) is 13.4. The minimum atomic E-state index is -0.346. The predicted molar refractivity (Wildman–Crippen MR) is 122 cm³/mol. The van der Waals surface area contributed by atoms with E-state index >= 15 is 0 Å². The van der Waals surface area contributed by atoms with Gasteiger partial charge in [0.15, 0.2) is 0 Å². The third-order valence-electron chi connectivity index (χ3n) is 7.21. The molecule has 164 valence electrons. The molecule has 0 spiro atoms.